The molecular weight excluding hydrogens is 178 g/mol. The normalized spacial score (nSPS) is 10.1. The van der Waals surface area contributed by atoms with Crippen molar-refractivity contribution in [1.82, 2.24) is 9.99 Å². The van der Waals surface area contributed by atoms with Crippen LogP contribution in [0.2, 0.25) is 0 Å². The van der Waals surface area contributed by atoms with Crippen LogP contribution < -0.4 is 10.7 Å². The van der Waals surface area contributed by atoms with E-state index in [4.69, 9.17) is 0 Å². The predicted molar refractivity (Wildman–Crippen MR) is 55.8 cm³/mol. The number of nitrogens with one attached hydrogen (secondary N) is 2. The molecule has 1 aromatic heterocycles. The maximum atomic E-state index is 11.1. The standard InChI is InChI=1S/C10H11N3O/c1-11-10(14)12-13-7-6-8-4-2-3-5-9(8)13/h2-7H,1H3,(H2,11,12,14). The molecule has 1 heterocycles. The summed E-state index contributed by atoms with van der Waals surface area (Å²) in [5, 5.41) is 3.60. The second-order valence-electron chi connectivity index (χ2n) is 2.94. The maximum absolute atomic E-state index is 11.1. The molecule has 2 N–H and O–H groups in total. The minimum atomic E-state index is -0.230. The highest BCUT2D eigenvalue weighted by Crippen LogP contribution is 2.13. The third-order valence-corrected chi connectivity index (χ3v) is 2.05. The van der Waals surface area contributed by atoms with E-state index >= 15 is 0 Å². The third kappa shape index (κ3) is 1.42. The fourth-order valence-electron chi connectivity index (χ4n) is 1.35. The van der Waals surface area contributed by atoms with Crippen molar-refractivity contribution in [2.75, 3.05) is 12.5 Å². The van der Waals surface area contributed by atoms with E-state index in [-0.39, 0.29) is 6.03 Å². The number of nitrogens with zero attached hydrogens (tertiary/aromatic N) is 1. The van der Waals surface area contributed by atoms with Gasteiger partial charge < -0.3 is 5.32 Å². The summed E-state index contributed by atoms with van der Waals surface area (Å²) in [5.41, 5.74) is 3.66. The molecule has 0 fully saturated rings. The van der Waals surface area contributed by atoms with Crippen LogP contribution in [0.1, 0.15) is 0 Å². The topological polar surface area (TPSA) is 46.1 Å². The van der Waals surface area contributed by atoms with Gasteiger partial charge in [0.05, 0.1) is 5.52 Å². The van der Waals surface area contributed by atoms with E-state index in [0.29, 0.717) is 0 Å². The highest BCUT2D eigenvalue weighted by Gasteiger charge is 2.01. The van der Waals surface area contributed by atoms with Crippen molar-refractivity contribution in [2.24, 2.45) is 0 Å². The fraction of sp³-hybridized carbons (Fsp3) is 0.100. The summed E-state index contributed by atoms with van der Waals surface area (Å²) in [6.07, 6.45) is 1.82. The van der Waals surface area contributed by atoms with Gasteiger partial charge in [-0.05, 0) is 12.1 Å². The number of fused-ring (bicyclic) bond motifs is 1. The van der Waals surface area contributed by atoms with Crippen LogP contribution >= 0.6 is 0 Å². The van der Waals surface area contributed by atoms with Crippen molar-refractivity contribution in [1.29, 1.82) is 0 Å². The van der Waals surface area contributed by atoms with Crippen LogP contribution in [0.5, 0.6) is 0 Å². The van der Waals surface area contributed by atoms with Crippen molar-refractivity contribution in [3.05, 3.63) is 36.5 Å². The van der Waals surface area contributed by atoms with E-state index in [1.165, 1.54) is 0 Å². The van der Waals surface area contributed by atoms with E-state index in [1.807, 2.05) is 36.5 Å². The quantitative estimate of drug-likeness (QED) is 0.702. The van der Waals surface area contributed by atoms with Crippen molar-refractivity contribution in [2.45, 2.75) is 0 Å². The third-order valence-electron chi connectivity index (χ3n) is 2.05. The number of hydrogen-bond acceptors (Lipinski definition) is 1. The van der Waals surface area contributed by atoms with Gasteiger partial charge in [-0.25, -0.2) is 10.2 Å². The summed E-state index contributed by atoms with van der Waals surface area (Å²) in [7, 11) is 1.58. The minimum absolute atomic E-state index is 0.230. The monoisotopic (exact) mass is 189 g/mol. The smallest absolute Gasteiger partial charge is 0.333 e. The zero-order chi connectivity index (χ0) is 9.97. The molecule has 2 aromatic rings. The van der Waals surface area contributed by atoms with Crippen LogP contribution in [-0.2, 0) is 0 Å². The molecule has 72 valence electrons. The largest absolute Gasteiger partial charge is 0.340 e. The second-order valence-corrected chi connectivity index (χ2v) is 2.94. The highest BCUT2D eigenvalue weighted by atomic mass is 16.2. The lowest BCUT2D eigenvalue weighted by Crippen LogP contribution is -2.30. The molecule has 0 aliphatic carbocycles. The zero-order valence-corrected chi connectivity index (χ0v) is 7.82. The van der Waals surface area contributed by atoms with Gasteiger partial charge in [-0.15, -0.1) is 0 Å². The number of benzene rings is 1. The van der Waals surface area contributed by atoms with Crippen LogP contribution in [-0.4, -0.2) is 17.8 Å². The molecule has 0 bridgehead atoms. The molecule has 2 amide bonds. The molecule has 0 radical (unpaired) electrons. The Morgan fingerprint density at radius 1 is 1.29 bits per heavy atom. The Bertz CT molecular complexity index is 461. The minimum Gasteiger partial charge on any atom is -0.340 e. The Kier molecular flexibility index (Phi) is 2.10. The first-order valence-electron chi connectivity index (χ1n) is 4.36. The summed E-state index contributed by atoms with van der Waals surface area (Å²) in [6, 6.07) is 9.57. The van der Waals surface area contributed by atoms with Crippen LogP contribution in [0.15, 0.2) is 36.5 Å². The SMILES string of the molecule is CNC(=O)Nn1ccc2ccccc21. The maximum Gasteiger partial charge on any atom is 0.333 e. The molecule has 0 aliphatic heterocycles. The van der Waals surface area contributed by atoms with Crippen molar-refractivity contribution >= 4 is 16.9 Å². The van der Waals surface area contributed by atoms with Crippen molar-refractivity contribution in [3.8, 4) is 0 Å². The second kappa shape index (κ2) is 3.41. The van der Waals surface area contributed by atoms with Gasteiger partial charge >= 0.3 is 6.03 Å². The van der Waals surface area contributed by atoms with Gasteiger partial charge in [0.25, 0.3) is 0 Å². The van der Waals surface area contributed by atoms with Gasteiger partial charge in [-0.1, -0.05) is 18.2 Å². The summed E-state index contributed by atoms with van der Waals surface area (Å²) in [5.74, 6) is 0. The highest BCUT2D eigenvalue weighted by molar-refractivity contribution is 5.86. The molecule has 1 aromatic carbocycles. The van der Waals surface area contributed by atoms with Crippen LogP contribution in [0.25, 0.3) is 10.9 Å². The van der Waals surface area contributed by atoms with E-state index in [2.05, 4.69) is 10.7 Å². The molecule has 4 heteroatoms. The van der Waals surface area contributed by atoms with Crippen LogP contribution in [0.3, 0.4) is 0 Å². The molecule has 14 heavy (non-hydrogen) atoms. The molecule has 0 saturated carbocycles. The lowest BCUT2D eigenvalue weighted by molar-refractivity contribution is 0.251. The lowest BCUT2D eigenvalue weighted by atomic mass is 10.3. The Morgan fingerprint density at radius 3 is 2.86 bits per heavy atom. The van der Waals surface area contributed by atoms with Gasteiger partial charge in [0.2, 0.25) is 0 Å². The Hall–Kier alpha value is -1.97. The molecule has 0 unspecified atom stereocenters. The average Bonchev–Trinajstić information content (AvgIpc) is 2.62. The van der Waals surface area contributed by atoms with Crippen molar-refractivity contribution in [3.63, 3.8) is 0 Å². The molecule has 2 rings (SSSR count). The Balaban J connectivity index is 2.38. The fourth-order valence-corrected chi connectivity index (χ4v) is 1.35. The number of urea groups is 1. The van der Waals surface area contributed by atoms with Gasteiger partial charge in [0.1, 0.15) is 0 Å². The first-order chi connectivity index (χ1) is 6.81. The van der Waals surface area contributed by atoms with Gasteiger partial charge in [-0.2, -0.15) is 0 Å². The first-order valence-corrected chi connectivity index (χ1v) is 4.36. The summed E-state index contributed by atoms with van der Waals surface area (Å²) < 4.78 is 1.69. The molecule has 0 saturated heterocycles. The van der Waals surface area contributed by atoms with Gasteiger partial charge in [-0.3, -0.25) is 4.68 Å². The van der Waals surface area contributed by atoms with Crippen molar-refractivity contribution < 1.29 is 4.79 Å². The average molecular weight is 189 g/mol. The Labute approximate surface area is 81.5 Å². The molecule has 4 nitrogen and oxygen atoms in total. The van der Waals surface area contributed by atoms with E-state index in [9.17, 15) is 4.79 Å². The number of rotatable bonds is 1. The number of carbonyl (C=O) groups excluding carboxylic acids is 1. The van der Waals surface area contributed by atoms with E-state index < -0.39 is 0 Å². The summed E-state index contributed by atoms with van der Waals surface area (Å²) in [6.45, 7) is 0. The number of hydrogen-bond donors (Lipinski definition) is 2. The molecule has 0 aliphatic rings. The molecule has 0 spiro atoms. The van der Waals surface area contributed by atoms with E-state index in [1.54, 1.807) is 11.7 Å². The van der Waals surface area contributed by atoms with Crippen LogP contribution in [0.4, 0.5) is 4.79 Å². The van der Waals surface area contributed by atoms with Gasteiger partial charge in [0, 0.05) is 18.6 Å². The van der Waals surface area contributed by atoms with E-state index in [0.717, 1.165) is 10.9 Å². The number of carbonyl (C=O) groups is 1. The number of para-hydroxylation sites is 1. The molecule has 0 atom stereocenters. The first kappa shape index (κ1) is 8.62. The lowest BCUT2D eigenvalue weighted by Gasteiger charge is -2.06. The summed E-state index contributed by atoms with van der Waals surface area (Å²) >= 11 is 0. The van der Waals surface area contributed by atoms with Gasteiger partial charge in [0.15, 0.2) is 0 Å². The number of amides is 2. The Morgan fingerprint density at radius 2 is 2.07 bits per heavy atom. The zero-order valence-electron chi connectivity index (χ0n) is 7.82. The predicted octanol–water partition coefficient (Wildman–Crippen LogP) is 1.52. The van der Waals surface area contributed by atoms with Crippen LogP contribution in [0, 0.1) is 0 Å². The molecular formula is C10H11N3O. The summed E-state index contributed by atoms with van der Waals surface area (Å²) in [4.78, 5) is 11.1. The number of aromatic nitrogens is 1.